The quantitative estimate of drug-likeness (QED) is 0.320. The number of benzene rings is 2. The van der Waals surface area contributed by atoms with Gasteiger partial charge in [-0.15, -0.1) is 5.10 Å². The number of morpholine rings is 1. The first-order chi connectivity index (χ1) is 17.7. The molecule has 188 valence electrons. The van der Waals surface area contributed by atoms with Crippen molar-refractivity contribution in [2.24, 2.45) is 17.3 Å². The second-order valence-corrected chi connectivity index (χ2v) is 10.2. The number of thiazole rings is 1. The Hall–Kier alpha value is -3.16. The van der Waals surface area contributed by atoms with Crippen LogP contribution in [-0.2, 0) is 11.8 Å². The molecule has 3 aromatic rings. The average Bonchev–Trinajstić information content (AvgIpc) is 3.46. The summed E-state index contributed by atoms with van der Waals surface area (Å²) in [6.45, 7) is 9.80. The van der Waals surface area contributed by atoms with Crippen LogP contribution >= 0.6 is 11.3 Å². The minimum atomic E-state index is 0.766. The van der Waals surface area contributed by atoms with E-state index in [4.69, 9.17) is 4.74 Å². The highest BCUT2D eigenvalue weighted by atomic mass is 32.1. The third-order valence-corrected chi connectivity index (χ3v) is 8.14. The predicted molar refractivity (Wildman–Crippen MR) is 151 cm³/mol. The molecule has 0 bridgehead atoms. The molecule has 6 nitrogen and oxygen atoms in total. The summed E-state index contributed by atoms with van der Waals surface area (Å²) >= 11 is 1.67. The van der Waals surface area contributed by atoms with Gasteiger partial charge in [-0.2, -0.15) is 5.10 Å². The van der Waals surface area contributed by atoms with Gasteiger partial charge in [-0.3, -0.25) is 0 Å². The van der Waals surface area contributed by atoms with E-state index >= 15 is 0 Å². The second-order valence-electron chi connectivity index (χ2n) is 9.16. The molecule has 5 rings (SSSR count). The molecule has 1 aliphatic carbocycles. The molecule has 0 saturated carbocycles. The van der Waals surface area contributed by atoms with Crippen molar-refractivity contribution < 1.29 is 4.74 Å². The molecule has 0 spiro atoms. The number of para-hydroxylation sites is 1. The van der Waals surface area contributed by atoms with E-state index in [1.54, 1.807) is 11.3 Å². The van der Waals surface area contributed by atoms with Crippen molar-refractivity contribution in [1.29, 1.82) is 0 Å². The second kappa shape index (κ2) is 11.3. The summed E-state index contributed by atoms with van der Waals surface area (Å²) < 4.78 is 8.97. The lowest BCUT2D eigenvalue weighted by Gasteiger charge is -2.31. The van der Waals surface area contributed by atoms with E-state index in [9.17, 15) is 0 Å². The van der Waals surface area contributed by atoms with Gasteiger partial charge in [0.05, 0.1) is 29.6 Å². The van der Waals surface area contributed by atoms with Crippen molar-refractivity contribution in [1.82, 2.24) is 9.47 Å². The highest BCUT2D eigenvalue weighted by Crippen LogP contribution is 2.35. The van der Waals surface area contributed by atoms with Gasteiger partial charge in [-0.25, -0.2) is 0 Å². The van der Waals surface area contributed by atoms with Crippen LogP contribution in [0.5, 0.6) is 0 Å². The molecule has 0 atom stereocenters. The van der Waals surface area contributed by atoms with Crippen molar-refractivity contribution in [2.75, 3.05) is 44.3 Å². The minimum absolute atomic E-state index is 0.766. The van der Waals surface area contributed by atoms with Crippen molar-refractivity contribution in [3.63, 3.8) is 0 Å². The lowest BCUT2D eigenvalue weighted by atomic mass is 10.1. The summed E-state index contributed by atoms with van der Waals surface area (Å²) in [7, 11) is 2.05. The van der Waals surface area contributed by atoms with Crippen LogP contribution in [0.25, 0.3) is 16.3 Å². The third kappa shape index (κ3) is 5.18. The molecule has 2 heterocycles. The van der Waals surface area contributed by atoms with Crippen LogP contribution in [0.1, 0.15) is 32.3 Å². The molecular weight excluding hydrogens is 466 g/mol. The number of ether oxygens (including phenoxy) is 1. The summed E-state index contributed by atoms with van der Waals surface area (Å²) in [5.74, 6) is 0. The molecule has 2 aliphatic rings. The Bertz CT molecular complexity index is 1350. The Kier molecular flexibility index (Phi) is 7.68. The Labute approximate surface area is 217 Å². The van der Waals surface area contributed by atoms with Gasteiger partial charge in [0.25, 0.3) is 0 Å². The third-order valence-electron chi connectivity index (χ3n) is 7.03. The van der Waals surface area contributed by atoms with Crippen molar-refractivity contribution in [2.45, 2.75) is 26.7 Å². The maximum absolute atomic E-state index is 5.64. The zero-order valence-electron chi connectivity index (χ0n) is 21.5. The van der Waals surface area contributed by atoms with Gasteiger partial charge in [-0.05, 0) is 73.7 Å². The molecule has 0 N–H and O–H groups in total. The van der Waals surface area contributed by atoms with Crippen LogP contribution in [0.3, 0.4) is 0 Å². The number of anilines is 1. The van der Waals surface area contributed by atoms with Crippen LogP contribution < -0.4 is 9.70 Å². The average molecular weight is 502 g/mol. The fourth-order valence-electron chi connectivity index (χ4n) is 5.07. The van der Waals surface area contributed by atoms with E-state index in [0.29, 0.717) is 0 Å². The zero-order valence-corrected chi connectivity index (χ0v) is 22.3. The number of nitrogens with zero attached hydrogens (tertiary/aromatic N) is 5. The summed E-state index contributed by atoms with van der Waals surface area (Å²) in [4.78, 5) is 5.75. The van der Waals surface area contributed by atoms with Gasteiger partial charge in [-0.1, -0.05) is 35.6 Å². The van der Waals surface area contributed by atoms with Crippen molar-refractivity contribution in [3.8, 4) is 0 Å². The van der Waals surface area contributed by atoms with Gasteiger partial charge < -0.3 is 19.1 Å². The van der Waals surface area contributed by atoms with Gasteiger partial charge in [0, 0.05) is 44.6 Å². The van der Waals surface area contributed by atoms with E-state index in [-0.39, 0.29) is 0 Å². The molecule has 7 heteroatoms. The molecule has 1 saturated heterocycles. The van der Waals surface area contributed by atoms with Gasteiger partial charge in [0.15, 0.2) is 0 Å². The highest BCUT2D eigenvalue weighted by Gasteiger charge is 2.25. The van der Waals surface area contributed by atoms with Crippen LogP contribution in [-0.4, -0.2) is 55.1 Å². The smallest absolute Gasteiger partial charge is 0.211 e. The normalized spacial score (nSPS) is 18.4. The first kappa shape index (κ1) is 24.5. The van der Waals surface area contributed by atoms with Crippen molar-refractivity contribution in [3.05, 3.63) is 75.7 Å². The molecule has 1 fully saturated rings. The van der Waals surface area contributed by atoms with E-state index in [1.165, 1.54) is 38.3 Å². The van der Waals surface area contributed by atoms with Crippen molar-refractivity contribution >= 4 is 39.5 Å². The monoisotopic (exact) mass is 501 g/mol. The molecule has 0 radical (unpaired) electrons. The standard InChI is InChI=1S/C29H35N5OS/c1-4-33(5-2)25-14-10-22(11-15-25)20-23-12-13-24(28(23)34-16-18-35-19-17-34)21-30-31-29-32(3)26-8-6-7-9-27(26)36-29/h6-11,14-15,20-21H,4-5,12-13,16-19H2,1-3H3/b23-20-,30-21+,31-29+. The summed E-state index contributed by atoms with van der Waals surface area (Å²) in [6, 6.07) is 17.3. The number of fused-ring (bicyclic) bond motifs is 1. The zero-order chi connectivity index (χ0) is 24.9. The van der Waals surface area contributed by atoms with Gasteiger partial charge >= 0.3 is 0 Å². The Morgan fingerprint density at radius 2 is 1.75 bits per heavy atom. The summed E-state index contributed by atoms with van der Waals surface area (Å²) in [5, 5.41) is 9.14. The summed E-state index contributed by atoms with van der Waals surface area (Å²) in [6.07, 6.45) is 6.32. The predicted octanol–water partition coefficient (Wildman–Crippen LogP) is 5.44. The van der Waals surface area contributed by atoms with E-state index in [1.807, 2.05) is 13.3 Å². The first-order valence-corrected chi connectivity index (χ1v) is 13.7. The Morgan fingerprint density at radius 3 is 2.47 bits per heavy atom. The lowest BCUT2D eigenvalue weighted by molar-refractivity contribution is 0.0548. The number of hydrogen-bond donors (Lipinski definition) is 0. The maximum Gasteiger partial charge on any atom is 0.211 e. The number of rotatable bonds is 7. The van der Waals surface area contributed by atoms with E-state index < -0.39 is 0 Å². The van der Waals surface area contributed by atoms with E-state index in [0.717, 1.165) is 57.0 Å². The molecule has 2 aromatic carbocycles. The fourth-order valence-corrected chi connectivity index (χ4v) is 6.04. The maximum atomic E-state index is 5.64. The van der Waals surface area contributed by atoms with Crippen LogP contribution in [0.2, 0.25) is 0 Å². The number of hydrogen-bond acceptors (Lipinski definition) is 6. The molecule has 0 amide bonds. The molecule has 1 aromatic heterocycles. The molecular formula is C29H35N5OS. The molecule has 36 heavy (non-hydrogen) atoms. The molecule has 0 unspecified atom stereocenters. The topological polar surface area (TPSA) is 45.4 Å². The van der Waals surface area contributed by atoms with E-state index in [2.05, 4.69) is 93.0 Å². The largest absolute Gasteiger partial charge is 0.378 e. The highest BCUT2D eigenvalue weighted by molar-refractivity contribution is 7.16. The number of allylic oxidation sites excluding steroid dienone is 2. The lowest BCUT2D eigenvalue weighted by Crippen LogP contribution is -2.36. The fraction of sp³-hybridized carbons (Fsp3) is 0.379. The molecule has 1 aliphatic heterocycles. The van der Waals surface area contributed by atoms with Crippen LogP contribution in [0, 0.1) is 0 Å². The number of aromatic nitrogens is 1. The van der Waals surface area contributed by atoms with Crippen LogP contribution in [0.15, 0.2) is 75.6 Å². The Morgan fingerprint density at radius 1 is 1.00 bits per heavy atom. The van der Waals surface area contributed by atoms with Gasteiger partial charge in [0.1, 0.15) is 0 Å². The number of aryl methyl sites for hydroxylation is 1. The Balaban J connectivity index is 1.45. The minimum Gasteiger partial charge on any atom is -0.378 e. The first-order valence-electron chi connectivity index (χ1n) is 12.9. The summed E-state index contributed by atoms with van der Waals surface area (Å²) in [5.41, 5.74) is 7.65. The SMILES string of the molecule is CCN(CC)c1ccc(/C=C2/CCC(/C=N/N=c3/sc4ccccc4n3C)=C2N2CCOCC2)cc1. The van der Waals surface area contributed by atoms with Crippen LogP contribution in [0.4, 0.5) is 5.69 Å². The van der Waals surface area contributed by atoms with Gasteiger partial charge in [0.2, 0.25) is 4.80 Å².